The molecule has 33 heavy (non-hydrogen) atoms. The summed E-state index contributed by atoms with van der Waals surface area (Å²) in [4.78, 5) is 51.7. The number of carbonyl (C=O) groups excluding carboxylic acids is 3. The Balaban J connectivity index is 2.51. The zero-order valence-electron chi connectivity index (χ0n) is 18.1. The quantitative estimate of drug-likeness (QED) is 0.0782. The lowest BCUT2D eigenvalue weighted by Gasteiger charge is -2.20. The van der Waals surface area contributed by atoms with Crippen molar-refractivity contribution in [1.29, 1.82) is 0 Å². The Morgan fingerprint density at radius 2 is 1.67 bits per heavy atom. The van der Waals surface area contributed by atoms with Crippen LogP contribution >= 0.6 is 0 Å². The molecule has 0 aliphatic rings. The zero-order valence-corrected chi connectivity index (χ0v) is 18.1. The van der Waals surface area contributed by atoms with Gasteiger partial charge in [0.1, 0.15) is 12.1 Å². The maximum absolute atomic E-state index is 12.4. The fourth-order valence-corrected chi connectivity index (χ4v) is 2.71. The summed E-state index contributed by atoms with van der Waals surface area (Å²) in [6, 6.07) is 5.10. The second-order valence-corrected chi connectivity index (χ2v) is 7.16. The monoisotopic (exact) mass is 465 g/mol. The molecule has 1 aromatic carbocycles. The number of hydrogen-bond acceptors (Lipinski definition) is 7. The smallest absolute Gasteiger partial charge is 0.326 e. The average Bonchev–Trinajstić information content (AvgIpc) is 2.78. The number of carboxylic acids is 1. The lowest BCUT2D eigenvalue weighted by molar-refractivity contribution is -0.142. The van der Waals surface area contributed by atoms with E-state index in [9.17, 15) is 29.4 Å². The average molecular weight is 466 g/mol. The third kappa shape index (κ3) is 10.9. The van der Waals surface area contributed by atoms with Crippen LogP contribution in [0.5, 0.6) is 0 Å². The van der Waals surface area contributed by atoms with Gasteiger partial charge in [-0.1, -0.05) is 30.3 Å². The number of carboxylic acid groups (broad SMARTS) is 1. The Bertz CT molecular complexity index is 829. The minimum absolute atomic E-state index is 0.0190. The van der Waals surface area contributed by atoms with Gasteiger partial charge in [0.25, 0.3) is 0 Å². The Kier molecular flexibility index (Phi) is 11.9. The molecule has 0 aromatic heterocycles. The Morgan fingerprint density at radius 1 is 1.00 bits per heavy atom. The highest BCUT2D eigenvalue weighted by atomic mass is 16.4. The molecule has 1 aromatic rings. The number of benzene rings is 1. The molecule has 0 saturated carbocycles. The van der Waals surface area contributed by atoms with Crippen molar-refractivity contribution in [2.24, 2.45) is 22.2 Å². The van der Waals surface area contributed by atoms with Gasteiger partial charge < -0.3 is 43.4 Å². The van der Waals surface area contributed by atoms with Gasteiger partial charge >= 0.3 is 5.97 Å². The predicted molar refractivity (Wildman–Crippen MR) is 120 cm³/mol. The van der Waals surface area contributed by atoms with E-state index >= 15 is 0 Å². The molecule has 0 saturated heterocycles. The largest absolute Gasteiger partial charge is 0.480 e. The molecule has 182 valence electrons. The van der Waals surface area contributed by atoms with Crippen LogP contribution in [0, 0.1) is 0 Å². The molecule has 0 spiro atoms. The van der Waals surface area contributed by atoms with Crippen LogP contribution in [0.1, 0.15) is 18.4 Å². The van der Waals surface area contributed by atoms with Crippen molar-refractivity contribution in [1.82, 2.24) is 16.0 Å². The number of guanidine groups is 1. The molecule has 3 atom stereocenters. The van der Waals surface area contributed by atoms with Crippen LogP contribution in [-0.4, -0.2) is 77.7 Å². The predicted octanol–water partition coefficient (Wildman–Crippen LogP) is -3.23. The number of aliphatic hydroxyl groups is 1. The first-order chi connectivity index (χ1) is 15.6. The molecule has 0 radical (unpaired) electrons. The number of nitrogens with zero attached hydrogens (tertiary/aromatic N) is 1. The van der Waals surface area contributed by atoms with Gasteiger partial charge in [-0.2, -0.15) is 0 Å². The molecule has 0 fully saturated rings. The van der Waals surface area contributed by atoms with Crippen LogP contribution < -0.4 is 33.2 Å². The highest BCUT2D eigenvalue weighted by Crippen LogP contribution is 2.04. The van der Waals surface area contributed by atoms with Crippen molar-refractivity contribution in [3.8, 4) is 0 Å². The van der Waals surface area contributed by atoms with Gasteiger partial charge in [0.2, 0.25) is 17.7 Å². The molecule has 3 amide bonds. The zero-order chi connectivity index (χ0) is 24.8. The van der Waals surface area contributed by atoms with E-state index in [1.54, 1.807) is 30.3 Å². The SMILES string of the molecule is NC(N)=NCCCC(N)C(=O)NCC(=O)NC(CO)C(=O)NC(Cc1ccccc1)C(=O)O. The highest BCUT2D eigenvalue weighted by molar-refractivity contribution is 5.92. The van der Waals surface area contributed by atoms with Gasteiger partial charge in [-0.05, 0) is 18.4 Å². The van der Waals surface area contributed by atoms with Crippen molar-refractivity contribution >= 4 is 29.7 Å². The van der Waals surface area contributed by atoms with Crippen molar-refractivity contribution in [2.45, 2.75) is 37.4 Å². The second-order valence-electron chi connectivity index (χ2n) is 7.16. The lowest BCUT2D eigenvalue weighted by Crippen LogP contribution is -2.55. The molecular weight excluding hydrogens is 434 g/mol. The van der Waals surface area contributed by atoms with E-state index in [0.29, 0.717) is 18.5 Å². The molecule has 0 heterocycles. The highest BCUT2D eigenvalue weighted by Gasteiger charge is 2.26. The molecule has 13 nitrogen and oxygen atoms in total. The van der Waals surface area contributed by atoms with Crippen LogP contribution in [0.25, 0.3) is 0 Å². The third-order valence-electron chi connectivity index (χ3n) is 4.46. The Morgan fingerprint density at radius 3 is 2.24 bits per heavy atom. The maximum Gasteiger partial charge on any atom is 0.326 e. The molecule has 13 heteroatoms. The molecule has 1 rings (SSSR count). The lowest BCUT2D eigenvalue weighted by atomic mass is 10.1. The molecule has 0 aliphatic heterocycles. The minimum Gasteiger partial charge on any atom is -0.480 e. The number of carbonyl (C=O) groups is 4. The summed E-state index contributed by atoms with van der Waals surface area (Å²) in [5.41, 5.74) is 16.8. The molecular formula is C20H31N7O6. The number of rotatable bonds is 14. The minimum atomic E-state index is -1.40. The first-order valence-electron chi connectivity index (χ1n) is 10.2. The van der Waals surface area contributed by atoms with Crippen molar-refractivity contribution in [3.63, 3.8) is 0 Å². The summed E-state index contributed by atoms with van der Waals surface area (Å²) >= 11 is 0. The van der Waals surface area contributed by atoms with Crippen LogP contribution in [0.15, 0.2) is 35.3 Å². The number of aliphatic hydroxyl groups excluding tert-OH is 1. The van der Waals surface area contributed by atoms with Crippen molar-refractivity contribution < 1.29 is 29.4 Å². The molecule has 0 bridgehead atoms. The fraction of sp³-hybridized carbons (Fsp3) is 0.450. The number of nitrogens with two attached hydrogens (primary N) is 3. The topological polar surface area (TPSA) is 235 Å². The summed E-state index contributed by atoms with van der Waals surface area (Å²) in [6.07, 6.45) is 0.758. The van der Waals surface area contributed by atoms with Gasteiger partial charge in [-0.3, -0.25) is 19.4 Å². The van der Waals surface area contributed by atoms with Gasteiger partial charge in [0, 0.05) is 13.0 Å². The van der Waals surface area contributed by atoms with E-state index in [-0.39, 0.29) is 18.8 Å². The van der Waals surface area contributed by atoms with Gasteiger partial charge in [-0.15, -0.1) is 0 Å². The van der Waals surface area contributed by atoms with E-state index in [0.717, 1.165) is 0 Å². The van der Waals surface area contributed by atoms with E-state index in [1.165, 1.54) is 0 Å². The van der Waals surface area contributed by atoms with Crippen LogP contribution in [0.2, 0.25) is 0 Å². The van der Waals surface area contributed by atoms with E-state index < -0.39 is 55.0 Å². The summed E-state index contributed by atoms with van der Waals surface area (Å²) in [5, 5.41) is 25.7. The summed E-state index contributed by atoms with van der Waals surface area (Å²) < 4.78 is 0. The van der Waals surface area contributed by atoms with Gasteiger partial charge in [-0.25, -0.2) is 4.79 Å². The van der Waals surface area contributed by atoms with Crippen molar-refractivity contribution in [3.05, 3.63) is 35.9 Å². The maximum atomic E-state index is 12.4. The summed E-state index contributed by atoms with van der Waals surface area (Å²) in [7, 11) is 0. The second kappa shape index (κ2) is 14.4. The Labute approximate surface area is 190 Å². The van der Waals surface area contributed by atoms with E-state index in [1.807, 2.05) is 0 Å². The number of aliphatic imine (C=N–C) groups is 1. The first-order valence-corrected chi connectivity index (χ1v) is 10.2. The number of amides is 3. The van der Waals surface area contributed by atoms with Crippen LogP contribution in [0.3, 0.4) is 0 Å². The normalized spacial score (nSPS) is 13.2. The first kappa shape index (κ1) is 27.3. The fourth-order valence-electron chi connectivity index (χ4n) is 2.71. The van der Waals surface area contributed by atoms with Gasteiger partial charge in [0.05, 0.1) is 19.2 Å². The van der Waals surface area contributed by atoms with E-state index in [4.69, 9.17) is 17.2 Å². The number of nitrogens with one attached hydrogen (secondary N) is 3. The van der Waals surface area contributed by atoms with Gasteiger partial charge in [0.15, 0.2) is 5.96 Å². The Hall–Kier alpha value is -3.71. The summed E-state index contributed by atoms with van der Waals surface area (Å²) in [5.74, 6) is -3.57. The third-order valence-corrected chi connectivity index (χ3v) is 4.46. The summed E-state index contributed by atoms with van der Waals surface area (Å²) in [6.45, 7) is -0.956. The molecule has 3 unspecified atom stereocenters. The van der Waals surface area contributed by atoms with Crippen LogP contribution in [0.4, 0.5) is 0 Å². The number of aliphatic carboxylic acids is 1. The molecule has 0 aliphatic carbocycles. The number of hydrogen-bond donors (Lipinski definition) is 8. The molecule has 11 N–H and O–H groups in total. The van der Waals surface area contributed by atoms with Crippen LogP contribution in [-0.2, 0) is 25.6 Å². The van der Waals surface area contributed by atoms with Crippen molar-refractivity contribution in [2.75, 3.05) is 19.7 Å². The standard InChI is InChI=1S/C20H31N7O6/c21-13(7-4-8-24-20(22)23)17(30)25-10-16(29)26-15(11-28)18(31)27-14(19(32)33)9-12-5-2-1-3-6-12/h1-3,5-6,13-15,28H,4,7-11,21H2,(H,25,30)(H,26,29)(H,27,31)(H,32,33)(H4,22,23,24). The van der Waals surface area contributed by atoms with E-state index in [2.05, 4.69) is 20.9 Å².